The van der Waals surface area contributed by atoms with Crippen LogP contribution >= 0.6 is 69.6 Å². The van der Waals surface area contributed by atoms with Crippen molar-refractivity contribution in [3.63, 3.8) is 0 Å². The van der Waals surface area contributed by atoms with E-state index >= 15 is 0 Å². The van der Waals surface area contributed by atoms with Crippen molar-refractivity contribution in [3.05, 3.63) is 41.2 Å². The molecule has 0 spiro atoms. The summed E-state index contributed by atoms with van der Waals surface area (Å²) in [5, 5.41) is 9.89. The number of nitrogens with zero attached hydrogens (tertiary/aromatic N) is 3. The zero-order valence-electron chi connectivity index (χ0n) is 12.4. The maximum atomic E-state index is 9.89. The van der Waals surface area contributed by atoms with Gasteiger partial charge in [-0.1, -0.05) is 69.6 Å². The summed E-state index contributed by atoms with van der Waals surface area (Å²) in [5.41, 5.74) is 0.450. The normalized spacial score (nSPS) is 12.6. The lowest BCUT2D eigenvalue weighted by Crippen LogP contribution is -2.16. The Balaban J connectivity index is 2.48. The maximum Gasteiger partial charge on any atom is 0.250 e. The number of aromatic nitrogens is 3. The molecule has 0 aliphatic carbocycles. The molecule has 1 aromatic heterocycles. The van der Waals surface area contributed by atoms with E-state index in [0.29, 0.717) is 11.3 Å². The average Bonchev–Trinajstić information content (AvgIpc) is 2.52. The van der Waals surface area contributed by atoms with Gasteiger partial charge in [-0.2, -0.15) is 0 Å². The van der Waals surface area contributed by atoms with Crippen molar-refractivity contribution in [1.29, 1.82) is 0 Å². The standard InChI is InChI=1S/C14H9Cl6N3O2/c1-25-8-3-4-9(24)7(6-8)2-5-10-21-11(13(15,16)17)23-12(22-10)14(18,19)20/h2-6,24H,1H3. The lowest BCUT2D eigenvalue weighted by Gasteiger charge is -2.14. The van der Waals surface area contributed by atoms with Crippen molar-refractivity contribution in [1.82, 2.24) is 15.0 Å². The number of ether oxygens (including phenoxy) is 1. The fraction of sp³-hybridized carbons (Fsp3) is 0.214. The molecule has 0 amide bonds. The molecule has 0 saturated heterocycles. The fourth-order valence-corrected chi connectivity index (χ4v) is 2.18. The van der Waals surface area contributed by atoms with E-state index < -0.39 is 7.59 Å². The maximum absolute atomic E-state index is 9.89. The van der Waals surface area contributed by atoms with Crippen LogP contribution in [0.1, 0.15) is 23.0 Å². The highest BCUT2D eigenvalue weighted by molar-refractivity contribution is 6.67. The Kier molecular flexibility index (Phi) is 6.52. The molecule has 0 radical (unpaired) electrons. The number of alkyl halides is 6. The molecule has 1 N–H and O–H groups in total. The predicted molar refractivity (Wildman–Crippen MR) is 102 cm³/mol. The highest BCUT2D eigenvalue weighted by Gasteiger charge is 2.33. The second-order valence-corrected chi connectivity index (χ2v) is 9.16. The van der Waals surface area contributed by atoms with Crippen LogP contribution in [0.25, 0.3) is 12.2 Å². The quantitative estimate of drug-likeness (QED) is 0.616. The Labute approximate surface area is 173 Å². The summed E-state index contributed by atoms with van der Waals surface area (Å²) in [5.74, 6) is 0.234. The zero-order valence-corrected chi connectivity index (χ0v) is 16.9. The molecule has 0 unspecified atom stereocenters. The molecule has 25 heavy (non-hydrogen) atoms. The van der Waals surface area contributed by atoms with E-state index in [9.17, 15) is 5.11 Å². The SMILES string of the molecule is COc1ccc(O)c(C=Cc2nc(C(Cl)(Cl)Cl)nc(C(Cl)(Cl)Cl)n2)c1. The second kappa shape index (κ2) is 7.91. The second-order valence-electron chi connectivity index (χ2n) is 4.59. The van der Waals surface area contributed by atoms with Gasteiger partial charge in [0.2, 0.25) is 7.59 Å². The third-order valence-corrected chi connectivity index (χ3v) is 3.82. The molecule has 0 bridgehead atoms. The number of benzene rings is 1. The van der Waals surface area contributed by atoms with Gasteiger partial charge in [-0.05, 0) is 30.4 Å². The number of phenolic OH excluding ortho intramolecular Hbond substituents is 1. The first-order valence-electron chi connectivity index (χ1n) is 6.46. The highest BCUT2D eigenvalue weighted by Crippen LogP contribution is 2.40. The molecule has 11 heteroatoms. The molecule has 0 aliphatic heterocycles. The highest BCUT2D eigenvalue weighted by atomic mass is 35.6. The van der Waals surface area contributed by atoms with Gasteiger partial charge in [0.15, 0.2) is 17.5 Å². The van der Waals surface area contributed by atoms with Gasteiger partial charge in [-0.15, -0.1) is 0 Å². The molecular formula is C14H9Cl6N3O2. The topological polar surface area (TPSA) is 68.1 Å². The first-order valence-corrected chi connectivity index (χ1v) is 8.73. The summed E-state index contributed by atoms with van der Waals surface area (Å²) in [4.78, 5) is 11.9. The largest absolute Gasteiger partial charge is 0.507 e. The van der Waals surface area contributed by atoms with E-state index in [-0.39, 0.29) is 23.2 Å². The molecule has 2 rings (SSSR count). The number of aromatic hydroxyl groups is 1. The van der Waals surface area contributed by atoms with E-state index in [1.165, 1.54) is 25.3 Å². The van der Waals surface area contributed by atoms with Crippen LogP contribution in [0, 0.1) is 0 Å². The predicted octanol–water partition coefficient (Wildman–Crippen LogP) is 5.41. The van der Waals surface area contributed by atoms with E-state index in [1.807, 2.05) is 0 Å². The molecule has 5 nitrogen and oxygen atoms in total. The minimum absolute atomic E-state index is 0.0225. The number of hydrogen-bond acceptors (Lipinski definition) is 5. The van der Waals surface area contributed by atoms with Crippen molar-refractivity contribution < 1.29 is 9.84 Å². The molecule has 0 aliphatic rings. The van der Waals surface area contributed by atoms with Crippen molar-refractivity contribution in [3.8, 4) is 11.5 Å². The molecule has 2 aromatic rings. The van der Waals surface area contributed by atoms with Gasteiger partial charge >= 0.3 is 0 Å². The Morgan fingerprint density at radius 1 is 0.920 bits per heavy atom. The Morgan fingerprint density at radius 3 is 1.96 bits per heavy atom. The first-order chi connectivity index (χ1) is 11.5. The molecular weight excluding hydrogens is 455 g/mol. The first kappa shape index (κ1) is 20.6. The average molecular weight is 464 g/mol. The van der Waals surface area contributed by atoms with Crippen LogP contribution < -0.4 is 4.74 Å². The minimum atomic E-state index is -1.94. The molecule has 0 atom stereocenters. The van der Waals surface area contributed by atoms with Crippen LogP contribution in [0.2, 0.25) is 0 Å². The van der Waals surface area contributed by atoms with Gasteiger partial charge in [0, 0.05) is 5.56 Å². The van der Waals surface area contributed by atoms with Crippen molar-refractivity contribution in [2.45, 2.75) is 7.59 Å². The number of rotatable bonds is 3. The van der Waals surface area contributed by atoms with Crippen molar-refractivity contribution in [2.75, 3.05) is 7.11 Å². The van der Waals surface area contributed by atoms with Crippen molar-refractivity contribution in [2.24, 2.45) is 0 Å². The summed E-state index contributed by atoms with van der Waals surface area (Å²) in [6.07, 6.45) is 2.97. The number of phenols is 1. The van der Waals surface area contributed by atoms with Crippen LogP contribution in [0.3, 0.4) is 0 Å². The Bertz CT molecular complexity index is 770. The van der Waals surface area contributed by atoms with E-state index in [2.05, 4.69) is 15.0 Å². The van der Waals surface area contributed by atoms with Gasteiger partial charge in [-0.3, -0.25) is 0 Å². The number of halogens is 6. The molecule has 0 fully saturated rings. The lowest BCUT2D eigenvalue weighted by molar-refractivity contribution is 0.412. The summed E-state index contributed by atoms with van der Waals surface area (Å²) in [6.45, 7) is 0. The van der Waals surface area contributed by atoms with E-state index in [1.54, 1.807) is 12.1 Å². The van der Waals surface area contributed by atoms with Crippen LogP contribution in [0.5, 0.6) is 11.5 Å². The summed E-state index contributed by atoms with van der Waals surface area (Å²) >= 11 is 34.8. The number of methoxy groups -OCH3 is 1. The lowest BCUT2D eigenvalue weighted by atomic mass is 10.1. The molecule has 0 saturated carbocycles. The van der Waals surface area contributed by atoms with Crippen molar-refractivity contribution >= 4 is 81.8 Å². The Morgan fingerprint density at radius 2 is 1.48 bits per heavy atom. The Hall–Kier alpha value is -0.690. The van der Waals surface area contributed by atoms with Gasteiger partial charge in [0.05, 0.1) is 7.11 Å². The minimum Gasteiger partial charge on any atom is -0.507 e. The summed E-state index contributed by atoms with van der Waals surface area (Å²) in [7, 11) is 1.51. The zero-order chi connectivity index (χ0) is 18.8. The van der Waals surface area contributed by atoms with Crippen LogP contribution in [0.15, 0.2) is 18.2 Å². The van der Waals surface area contributed by atoms with Gasteiger partial charge < -0.3 is 9.84 Å². The molecule has 1 aromatic carbocycles. The molecule has 134 valence electrons. The van der Waals surface area contributed by atoms with Crippen LogP contribution in [0.4, 0.5) is 0 Å². The van der Waals surface area contributed by atoms with Gasteiger partial charge in [0.1, 0.15) is 11.5 Å². The van der Waals surface area contributed by atoms with E-state index in [0.717, 1.165) is 0 Å². The fourth-order valence-electron chi connectivity index (χ4n) is 1.68. The van der Waals surface area contributed by atoms with Crippen LogP contribution in [-0.2, 0) is 7.59 Å². The van der Waals surface area contributed by atoms with Gasteiger partial charge in [-0.25, -0.2) is 15.0 Å². The number of hydrogen-bond donors (Lipinski definition) is 1. The van der Waals surface area contributed by atoms with Gasteiger partial charge in [0.25, 0.3) is 0 Å². The smallest absolute Gasteiger partial charge is 0.250 e. The third-order valence-electron chi connectivity index (χ3n) is 2.81. The van der Waals surface area contributed by atoms with E-state index in [4.69, 9.17) is 74.3 Å². The monoisotopic (exact) mass is 461 g/mol. The third kappa shape index (κ3) is 5.64. The summed E-state index contributed by atoms with van der Waals surface area (Å²) in [6, 6.07) is 4.70. The summed E-state index contributed by atoms with van der Waals surface area (Å²) < 4.78 is 1.23. The molecule has 1 heterocycles. The van der Waals surface area contributed by atoms with Crippen LogP contribution in [-0.4, -0.2) is 27.2 Å².